The van der Waals surface area contributed by atoms with Crippen LogP contribution in [-0.4, -0.2) is 45.0 Å². The molecule has 0 aliphatic carbocycles. The molecular weight excluding hydrogens is 428 g/mol. The minimum Gasteiger partial charge on any atom is -0.352 e. The van der Waals surface area contributed by atoms with E-state index in [4.69, 9.17) is 0 Å². The Balaban J connectivity index is 1.55. The van der Waals surface area contributed by atoms with E-state index in [1.165, 1.54) is 6.92 Å². The lowest BCUT2D eigenvalue weighted by Crippen LogP contribution is -2.12. The van der Waals surface area contributed by atoms with E-state index in [1.807, 2.05) is 37.4 Å². The van der Waals surface area contributed by atoms with Gasteiger partial charge >= 0.3 is 0 Å². The van der Waals surface area contributed by atoms with Gasteiger partial charge in [-0.2, -0.15) is 0 Å². The molecule has 0 amide bonds. The van der Waals surface area contributed by atoms with Crippen LogP contribution in [0.5, 0.6) is 0 Å². The van der Waals surface area contributed by atoms with Gasteiger partial charge in [0.25, 0.3) is 0 Å². The van der Waals surface area contributed by atoms with Gasteiger partial charge in [-0.25, -0.2) is 9.97 Å². The van der Waals surface area contributed by atoms with E-state index in [1.54, 1.807) is 13.1 Å². The lowest BCUT2D eigenvalue weighted by atomic mass is 10.1. The average Bonchev–Trinajstić information content (AvgIpc) is 3.24. The second-order valence-corrected chi connectivity index (χ2v) is 8.66. The first-order valence-corrected chi connectivity index (χ1v) is 11.3. The Bertz CT molecular complexity index is 1350. The fourth-order valence-electron chi connectivity index (χ4n) is 3.75. The number of aryl methyl sites for hydroxylation is 1. The molecule has 8 heteroatoms. The van der Waals surface area contributed by atoms with Gasteiger partial charge in [0.2, 0.25) is 11.7 Å². The summed E-state index contributed by atoms with van der Waals surface area (Å²) in [6, 6.07) is 7.60. The zero-order chi connectivity index (χ0) is 24.2. The number of nitrogens with one attached hydrogen (secondary N) is 2. The van der Waals surface area contributed by atoms with E-state index in [0.29, 0.717) is 36.2 Å². The molecule has 4 rings (SSSR count). The van der Waals surface area contributed by atoms with Crippen molar-refractivity contribution in [1.29, 1.82) is 0 Å². The Labute approximate surface area is 198 Å². The topological polar surface area (TPSA) is 112 Å². The first kappa shape index (κ1) is 23.2. The van der Waals surface area contributed by atoms with Crippen molar-refractivity contribution in [2.24, 2.45) is 15.9 Å². The molecule has 1 unspecified atom stereocenters. The van der Waals surface area contributed by atoms with Gasteiger partial charge < -0.3 is 10.3 Å². The van der Waals surface area contributed by atoms with E-state index in [0.717, 1.165) is 40.0 Å². The second-order valence-electron chi connectivity index (χ2n) is 8.66. The highest BCUT2D eigenvalue weighted by Gasteiger charge is 2.15. The Kier molecular flexibility index (Phi) is 6.77. The fraction of sp³-hybridized carbons (Fsp3) is 0.308. The van der Waals surface area contributed by atoms with Gasteiger partial charge in [-0.3, -0.25) is 19.6 Å². The molecule has 3 heterocycles. The summed E-state index contributed by atoms with van der Waals surface area (Å²) in [5, 5.41) is 4.16. The van der Waals surface area contributed by atoms with Crippen LogP contribution in [0.2, 0.25) is 0 Å². The first-order valence-electron chi connectivity index (χ1n) is 11.3. The monoisotopic (exact) mass is 456 g/mol. The highest BCUT2D eigenvalue weighted by Crippen LogP contribution is 2.27. The third-order valence-electron chi connectivity index (χ3n) is 5.64. The van der Waals surface area contributed by atoms with Gasteiger partial charge in [-0.1, -0.05) is 13.0 Å². The van der Waals surface area contributed by atoms with Crippen LogP contribution in [0.15, 0.2) is 46.5 Å². The SMILES string of the molecule is CC(=O)CCN=C(C)C(=O)c1cc2cc(Nc3nccc(C4=CCC(C)C=N4)n3)cc(C)c2[nH]1. The highest BCUT2D eigenvalue weighted by molar-refractivity contribution is 6.45. The normalized spacial score (nSPS) is 15.9. The van der Waals surface area contributed by atoms with Crippen LogP contribution in [0.25, 0.3) is 16.6 Å². The van der Waals surface area contributed by atoms with Crippen molar-refractivity contribution in [2.75, 3.05) is 11.9 Å². The smallest absolute Gasteiger partial charge is 0.227 e. The molecule has 1 aliphatic rings. The van der Waals surface area contributed by atoms with Gasteiger partial charge in [-0.15, -0.1) is 0 Å². The van der Waals surface area contributed by atoms with Crippen molar-refractivity contribution in [1.82, 2.24) is 15.0 Å². The van der Waals surface area contributed by atoms with Crippen LogP contribution in [0.1, 0.15) is 55.4 Å². The third-order valence-corrected chi connectivity index (χ3v) is 5.64. The fourth-order valence-corrected chi connectivity index (χ4v) is 3.75. The number of rotatable bonds is 8. The maximum Gasteiger partial charge on any atom is 0.227 e. The van der Waals surface area contributed by atoms with Crippen molar-refractivity contribution < 1.29 is 9.59 Å². The summed E-state index contributed by atoms with van der Waals surface area (Å²) >= 11 is 0. The van der Waals surface area contributed by atoms with E-state index in [9.17, 15) is 9.59 Å². The summed E-state index contributed by atoms with van der Waals surface area (Å²) in [4.78, 5) is 44.8. The molecule has 3 aromatic rings. The average molecular weight is 457 g/mol. The minimum atomic E-state index is -0.180. The van der Waals surface area contributed by atoms with Crippen molar-refractivity contribution in [3.05, 3.63) is 53.5 Å². The van der Waals surface area contributed by atoms with Crippen LogP contribution < -0.4 is 5.32 Å². The first-order chi connectivity index (χ1) is 16.3. The molecule has 0 radical (unpaired) electrons. The predicted molar refractivity (Wildman–Crippen MR) is 136 cm³/mol. The lowest BCUT2D eigenvalue weighted by Gasteiger charge is -2.12. The van der Waals surface area contributed by atoms with Gasteiger partial charge in [0, 0.05) is 42.0 Å². The molecule has 2 aromatic heterocycles. The number of hydrogen-bond donors (Lipinski definition) is 2. The quantitative estimate of drug-likeness (QED) is 0.362. The van der Waals surface area contributed by atoms with Gasteiger partial charge in [-0.05, 0) is 62.9 Å². The Morgan fingerprint density at radius 2 is 2.06 bits per heavy atom. The second kappa shape index (κ2) is 9.91. The van der Waals surface area contributed by atoms with Crippen molar-refractivity contribution in [3.8, 4) is 0 Å². The molecule has 1 atom stereocenters. The van der Waals surface area contributed by atoms with E-state index in [2.05, 4.69) is 43.3 Å². The molecule has 0 saturated carbocycles. The number of aromatic amines is 1. The van der Waals surface area contributed by atoms with E-state index < -0.39 is 0 Å². The summed E-state index contributed by atoms with van der Waals surface area (Å²) < 4.78 is 0. The Hall–Kier alpha value is -3.94. The molecule has 1 aliphatic heterocycles. The molecule has 0 fully saturated rings. The van der Waals surface area contributed by atoms with Crippen LogP contribution in [0.3, 0.4) is 0 Å². The number of hydrogen-bond acceptors (Lipinski definition) is 7. The lowest BCUT2D eigenvalue weighted by molar-refractivity contribution is -0.116. The summed E-state index contributed by atoms with van der Waals surface area (Å²) in [5.41, 5.74) is 5.15. The molecule has 8 nitrogen and oxygen atoms in total. The van der Waals surface area contributed by atoms with E-state index >= 15 is 0 Å². The third kappa shape index (κ3) is 5.33. The van der Waals surface area contributed by atoms with Crippen LogP contribution in [0, 0.1) is 12.8 Å². The largest absolute Gasteiger partial charge is 0.352 e. The molecular formula is C26H28N6O2. The summed E-state index contributed by atoms with van der Waals surface area (Å²) in [6.45, 7) is 7.61. The number of nitrogens with zero attached hydrogens (tertiary/aromatic N) is 4. The van der Waals surface area contributed by atoms with Crippen LogP contribution in [0.4, 0.5) is 11.6 Å². The van der Waals surface area contributed by atoms with Gasteiger partial charge in [0.1, 0.15) is 5.78 Å². The Morgan fingerprint density at radius 1 is 1.24 bits per heavy atom. The standard InChI is InChI=1S/C26H28N6O2/c1-15-5-6-21(29-14-15)22-8-10-28-26(32-22)30-20-11-16(2)24-19(12-20)13-23(31-24)25(34)18(4)27-9-7-17(3)33/h6,8,10-15,31H,5,7,9H2,1-4H3,(H,28,30,32). The van der Waals surface area contributed by atoms with Crippen molar-refractivity contribution in [3.63, 3.8) is 0 Å². The molecule has 0 bridgehead atoms. The number of aromatic nitrogens is 3. The van der Waals surface area contributed by atoms with E-state index in [-0.39, 0.29) is 11.6 Å². The number of fused-ring (bicyclic) bond motifs is 1. The number of benzene rings is 1. The number of anilines is 2. The number of aliphatic imine (C=N–C) groups is 2. The molecule has 0 saturated heterocycles. The predicted octanol–water partition coefficient (Wildman–Crippen LogP) is 5.08. The molecule has 2 N–H and O–H groups in total. The summed E-state index contributed by atoms with van der Waals surface area (Å²) in [6.07, 6.45) is 7.03. The number of allylic oxidation sites excluding steroid dienone is 1. The number of carbonyl (C=O) groups excluding carboxylic acids is 2. The summed E-state index contributed by atoms with van der Waals surface area (Å²) in [7, 11) is 0. The van der Waals surface area contributed by atoms with Crippen molar-refractivity contribution in [2.45, 2.75) is 40.5 Å². The molecule has 1 aromatic carbocycles. The van der Waals surface area contributed by atoms with Gasteiger partial charge in [0.05, 0.1) is 22.8 Å². The van der Waals surface area contributed by atoms with Gasteiger partial charge in [0.15, 0.2) is 0 Å². The maximum atomic E-state index is 12.8. The highest BCUT2D eigenvalue weighted by atomic mass is 16.1. The zero-order valence-corrected chi connectivity index (χ0v) is 19.8. The number of carbonyl (C=O) groups is 2. The van der Waals surface area contributed by atoms with Crippen LogP contribution in [-0.2, 0) is 4.79 Å². The maximum absolute atomic E-state index is 12.8. The summed E-state index contributed by atoms with van der Waals surface area (Å²) in [5.74, 6) is 0.788. The van der Waals surface area contributed by atoms with Crippen LogP contribution >= 0.6 is 0 Å². The van der Waals surface area contributed by atoms with Crippen molar-refractivity contribution >= 4 is 51.7 Å². The number of H-pyrrole nitrogens is 1. The zero-order valence-electron chi connectivity index (χ0n) is 19.8. The molecule has 174 valence electrons. The molecule has 34 heavy (non-hydrogen) atoms. The minimum absolute atomic E-state index is 0.0533. The Morgan fingerprint density at radius 3 is 2.79 bits per heavy atom. The number of Topliss-reactive ketones (excluding diaryl/α,β-unsaturated/α-hetero) is 2. The number of ketones is 2. The molecule has 0 spiro atoms.